The number of phenols is 2. The number of aliphatic carboxylic acids is 1. The molecule has 0 aromatic heterocycles. The highest BCUT2D eigenvalue weighted by atomic mass is 16.5. The predicted molar refractivity (Wildman–Crippen MR) is 128 cm³/mol. The first-order valence-corrected chi connectivity index (χ1v) is 11.2. The molecule has 2 unspecified atom stereocenters. The number of hydrogen-bond acceptors (Lipinski definition) is 5. The molecular weight excluding hydrogens is 432 g/mol. The number of benzene rings is 3. The monoisotopic (exact) mass is 458 g/mol. The third-order valence-electron chi connectivity index (χ3n) is 5.97. The molecule has 1 aliphatic heterocycles. The van der Waals surface area contributed by atoms with Crippen molar-refractivity contribution >= 4 is 17.8 Å². The minimum Gasteiger partial charge on any atom is -0.507 e. The van der Waals surface area contributed by atoms with Gasteiger partial charge in [-0.25, -0.2) is 0 Å². The first kappa shape index (κ1) is 23.1. The third-order valence-corrected chi connectivity index (χ3v) is 5.97. The average Bonchev–Trinajstić information content (AvgIpc) is 2.82. The van der Waals surface area contributed by atoms with E-state index in [2.05, 4.69) is 0 Å². The van der Waals surface area contributed by atoms with Crippen LogP contribution < -0.4 is 4.74 Å². The summed E-state index contributed by atoms with van der Waals surface area (Å²) in [5.41, 5.74) is 2.01. The molecule has 0 radical (unpaired) electrons. The van der Waals surface area contributed by atoms with Crippen LogP contribution >= 0.6 is 0 Å². The van der Waals surface area contributed by atoms with Crippen molar-refractivity contribution in [3.8, 4) is 17.2 Å². The third kappa shape index (κ3) is 5.12. The van der Waals surface area contributed by atoms with Crippen molar-refractivity contribution in [1.82, 2.24) is 0 Å². The van der Waals surface area contributed by atoms with Gasteiger partial charge in [-0.05, 0) is 24.0 Å². The topological polar surface area (TPSA) is 104 Å². The zero-order valence-electron chi connectivity index (χ0n) is 18.6. The Morgan fingerprint density at radius 1 is 1.06 bits per heavy atom. The summed E-state index contributed by atoms with van der Waals surface area (Å²) in [4.78, 5) is 24.1. The van der Waals surface area contributed by atoms with Crippen LogP contribution in [0.5, 0.6) is 17.2 Å². The van der Waals surface area contributed by atoms with Gasteiger partial charge in [0, 0.05) is 24.0 Å². The van der Waals surface area contributed by atoms with Gasteiger partial charge in [-0.15, -0.1) is 0 Å². The van der Waals surface area contributed by atoms with E-state index >= 15 is 0 Å². The minimum atomic E-state index is -0.916. The van der Waals surface area contributed by atoms with Crippen molar-refractivity contribution in [2.24, 2.45) is 0 Å². The number of carbonyl (C=O) groups is 2. The van der Waals surface area contributed by atoms with Crippen LogP contribution in [0, 0.1) is 0 Å². The maximum absolute atomic E-state index is 13.0. The number of Topliss-reactive ketones (excluding diaryl/α,β-unsaturated/α-hetero) is 1. The number of carboxylic acids is 1. The first-order valence-electron chi connectivity index (χ1n) is 11.2. The summed E-state index contributed by atoms with van der Waals surface area (Å²) in [6, 6.07) is 20.2. The maximum Gasteiger partial charge on any atom is 0.303 e. The number of aromatic hydroxyl groups is 2. The van der Waals surface area contributed by atoms with Crippen LogP contribution in [-0.4, -0.2) is 27.1 Å². The Hall–Kier alpha value is -4.06. The number of phenolic OH excluding ortho intramolecular Hbond substituents is 2. The Morgan fingerprint density at radius 2 is 1.74 bits per heavy atom. The second-order valence-electron chi connectivity index (χ2n) is 8.34. The largest absolute Gasteiger partial charge is 0.507 e. The van der Waals surface area contributed by atoms with Crippen molar-refractivity contribution < 1.29 is 29.6 Å². The van der Waals surface area contributed by atoms with Crippen LogP contribution in [0.15, 0.2) is 72.8 Å². The van der Waals surface area contributed by atoms with E-state index in [4.69, 9.17) is 9.84 Å². The lowest BCUT2D eigenvalue weighted by molar-refractivity contribution is -0.137. The van der Waals surface area contributed by atoms with Gasteiger partial charge in [-0.3, -0.25) is 9.59 Å². The predicted octanol–water partition coefficient (Wildman–Crippen LogP) is 5.86. The van der Waals surface area contributed by atoms with E-state index < -0.39 is 18.0 Å². The normalized spacial score (nSPS) is 16.1. The van der Waals surface area contributed by atoms with Crippen LogP contribution in [0.4, 0.5) is 0 Å². The van der Waals surface area contributed by atoms with E-state index in [1.165, 1.54) is 6.07 Å². The fourth-order valence-corrected chi connectivity index (χ4v) is 4.30. The Morgan fingerprint density at radius 3 is 2.41 bits per heavy atom. The van der Waals surface area contributed by atoms with E-state index in [0.717, 1.165) is 11.1 Å². The molecule has 0 saturated heterocycles. The van der Waals surface area contributed by atoms with Gasteiger partial charge in [-0.2, -0.15) is 0 Å². The second kappa shape index (κ2) is 10.3. The molecule has 3 aromatic carbocycles. The second-order valence-corrected chi connectivity index (χ2v) is 8.34. The highest BCUT2D eigenvalue weighted by Gasteiger charge is 2.34. The van der Waals surface area contributed by atoms with Gasteiger partial charge in [0.15, 0.2) is 5.78 Å². The molecule has 3 N–H and O–H groups in total. The number of ketones is 1. The molecule has 1 heterocycles. The summed E-state index contributed by atoms with van der Waals surface area (Å²) in [7, 11) is 0. The number of ether oxygens (including phenoxy) is 1. The van der Waals surface area contributed by atoms with Crippen molar-refractivity contribution in [3.63, 3.8) is 0 Å². The highest BCUT2D eigenvalue weighted by molar-refractivity contribution is 6.03. The lowest BCUT2D eigenvalue weighted by Gasteiger charge is -2.28. The number of fused-ring (bicyclic) bond motifs is 1. The zero-order valence-corrected chi connectivity index (χ0v) is 18.6. The maximum atomic E-state index is 13.0. The summed E-state index contributed by atoms with van der Waals surface area (Å²) < 4.78 is 5.99. The molecule has 2 atom stereocenters. The Labute approximate surface area is 197 Å². The average molecular weight is 459 g/mol. The Balaban J connectivity index is 1.69. The molecule has 1 aliphatic rings. The number of hydrogen-bond donors (Lipinski definition) is 3. The van der Waals surface area contributed by atoms with Gasteiger partial charge in [0.1, 0.15) is 28.9 Å². The molecule has 0 bridgehead atoms. The molecule has 6 nitrogen and oxygen atoms in total. The van der Waals surface area contributed by atoms with E-state index in [-0.39, 0.29) is 47.0 Å². The lowest BCUT2D eigenvalue weighted by Crippen LogP contribution is -2.21. The highest BCUT2D eigenvalue weighted by Crippen LogP contribution is 2.48. The van der Waals surface area contributed by atoms with Crippen LogP contribution in [0.3, 0.4) is 0 Å². The van der Waals surface area contributed by atoms with E-state index in [9.17, 15) is 19.8 Å². The number of allylic oxidation sites excluding steroid dienone is 1. The molecule has 34 heavy (non-hydrogen) atoms. The molecule has 3 aromatic rings. The molecule has 0 saturated carbocycles. The smallest absolute Gasteiger partial charge is 0.303 e. The number of carbonyl (C=O) groups excluding carboxylic acids is 1. The summed E-state index contributed by atoms with van der Waals surface area (Å²) in [5.74, 6) is -2.06. The van der Waals surface area contributed by atoms with Crippen LogP contribution in [-0.2, 0) is 4.79 Å². The van der Waals surface area contributed by atoms with Crippen LogP contribution in [0.25, 0.3) is 6.08 Å². The molecule has 0 spiro atoms. The number of carboxylic acid groups (broad SMARTS) is 1. The molecule has 4 rings (SSSR count). The molecule has 0 amide bonds. The Bertz CT molecular complexity index is 1200. The van der Waals surface area contributed by atoms with E-state index in [0.29, 0.717) is 12.8 Å². The van der Waals surface area contributed by atoms with E-state index in [1.54, 1.807) is 0 Å². The van der Waals surface area contributed by atoms with Crippen molar-refractivity contribution in [1.29, 1.82) is 0 Å². The van der Waals surface area contributed by atoms with Crippen molar-refractivity contribution in [2.75, 3.05) is 0 Å². The fraction of sp³-hybridized carbons (Fsp3) is 0.214. The molecule has 0 aliphatic carbocycles. The molecule has 6 heteroatoms. The SMILES string of the molecule is O=C(O)CCCC(/C=C/c1ccccc1)c1c(O)cc2c(c1O)C(=O)CC(c1ccccc1)O2. The van der Waals surface area contributed by atoms with Gasteiger partial charge in [0.25, 0.3) is 0 Å². The summed E-state index contributed by atoms with van der Waals surface area (Å²) in [6.45, 7) is 0. The fourth-order valence-electron chi connectivity index (χ4n) is 4.30. The summed E-state index contributed by atoms with van der Waals surface area (Å²) >= 11 is 0. The summed E-state index contributed by atoms with van der Waals surface area (Å²) in [6.07, 6.45) is 3.91. The van der Waals surface area contributed by atoms with Gasteiger partial charge in [-0.1, -0.05) is 72.8 Å². The first-order chi connectivity index (χ1) is 16.4. The van der Waals surface area contributed by atoms with Gasteiger partial charge >= 0.3 is 5.97 Å². The molecule has 0 fully saturated rings. The van der Waals surface area contributed by atoms with Crippen molar-refractivity contribution in [2.45, 2.75) is 37.7 Å². The lowest BCUT2D eigenvalue weighted by atomic mass is 9.86. The standard InChI is InChI=1S/C28H26O6/c29-21-17-24-27(22(30)16-23(34-24)19-10-5-2-6-11-19)28(33)26(21)20(12-7-13-25(31)32)15-14-18-8-3-1-4-9-18/h1-6,8-11,14-15,17,20,23,29,33H,7,12-13,16H2,(H,31,32)/b15-14+. The Kier molecular flexibility index (Phi) is 6.97. The van der Waals surface area contributed by atoms with Gasteiger partial charge in [0.05, 0.1) is 6.42 Å². The van der Waals surface area contributed by atoms with Crippen LogP contribution in [0.2, 0.25) is 0 Å². The van der Waals surface area contributed by atoms with Crippen molar-refractivity contribution in [3.05, 3.63) is 95.1 Å². The molecule has 174 valence electrons. The zero-order chi connectivity index (χ0) is 24.1. The van der Waals surface area contributed by atoms with E-state index in [1.807, 2.05) is 72.8 Å². The number of rotatable bonds is 8. The van der Waals surface area contributed by atoms with Gasteiger partial charge in [0.2, 0.25) is 0 Å². The molecular formula is C28H26O6. The van der Waals surface area contributed by atoms with Crippen LogP contribution in [0.1, 0.15) is 64.8 Å². The minimum absolute atomic E-state index is 0.0388. The quantitative estimate of drug-likeness (QED) is 0.391. The van der Waals surface area contributed by atoms with Gasteiger partial charge < -0.3 is 20.1 Å². The summed E-state index contributed by atoms with van der Waals surface area (Å²) in [5, 5.41) is 31.0.